The number of aliphatic imine (C=N–C) groups is 1. The Morgan fingerprint density at radius 2 is 2.08 bits per heavy atom. The highest BCUT2D eigenvalue weighted by atomic mass is 127. The van der Waals surface area contributed by atoms with Crippen LogP contribution in [-0.4, -0.2) is 22.6 Å². The number of para-hydroxylation sites is 1. The van der Waals surface area contributed by atoms with Gasteiger partial charge in [-0.25, -0.2) is 9.98 Å². The lowest BCUT2D eigenvalue weighted by molar-refractivity contribution is 0.415. The van der Waals surface area contributed by atoms with Gasteiger partial charge in [0.05, 0.1) is 25.7 Å². The molecule has 0 amide bonds. The number of guanidine groups is 1. The Kier molecular flexibility index (Phi) is 6.81. The zero-order valence-electron chi connectivity index (χ0n) is 13.8. The van der Waals surface area contributed by atoms with Crippen LogP contribution in [0.25, 0.3) is 5.69 Å². The Hall–Kier alpha value is -2.55. The molecular weight excluding hydrogens is 429 g/mol. The molecule has 130 valence electrons. The number of nitrogens with zero attached hydrogens (tertiary/aromatic N) is 3. The zero-order valence-corrected chi connectivity index (χ0v) is 16.1. The van der Waals surface area contributed by atoms with E-state index in [9.17, 15) is 0 Å². The van der Waals surface area contributed by atoms with Gasteiger partial charge in [0.15, 0.2) is 5.96 Å². The molecule has 0 unspecified atom stereocenters. The summed E-state index contributed by atoms with van der Waals surface area (Å²) in [6, 6.07) is 15.6. The van der Waals surface area contributed by atoms with E-state index in [0.29, 0.717) is 12.5 Å². The molecule has 3 aromatic rings. The smallest absolute Gasteiger partial charge is 0.193 e. The van der Waals surface area contributed by atoms with Gasteiger partial charge in [0.2, 0.25) is 0 Å². The molecule has 0 spiro atoms. The predicted octanol–water partition coefficient (Wildman–Crippen LogP) is 3.43. The summed E-state index contributed by atoms with van der Waals surface area (Å²) in [7, 11) is 1.63. The lowest BCUT2D eigenvalue weighted by Crippen LogP contribution is -2.22. The van der Waals surface area contributed by atoms with Crippen LogP contribution in [0.3, 0.4) is 0 Å². The van der Waals surface area contributed by atoms with Gasteiger partial charge in [0.1, 0.15) is 5.75 Å². The number of methoxy groups -OCH3 is 1. The monoisotopic (exact) mass is 449 g/mol. The molecule has 6 nitrogen and oxygen atoms in total. The highest BCUT2D eigenvalue weighted by Crippen LogP contribution is 2.17. The predicted molar refractivity (Wildman–Crippen MR) is 111 cm³/mol. The lowest BCUT2D eigenvalue weighted by Gasteiger charge is -2.10. The summed E-state index contributed by atoms with van der Waals surface area (Å²) in [4.78, 5) is 8.51. The summed E-state index contributed by atoms with van der Waals surface area (Å²) in [5.74, 6) is 1.11. The average molecular weight is 449 g/mol. The van der Waals surface area contributed by atoms with Crippen molar-refractivity contribution in [3.05, 3.63) is 72.8 Å². The van der Waals surface area contributed by atoms with Crippen molar-refractivity contribution in [2.24, 2.45) is 10.7 Å². The first-order valence-corrected chi connectivity index (χ1v) is 7.53. The molecule has 0 bridgehead atoms. The lowest BCUT2D eigenvalue weighted by atomic mass is 10.2. The van der Waals surface area contributed by atoms with Crippen molar-refractivity contribution in [3.63, 3.8) is 0 Å². The second kappa shape index (κ2) is 9.07. The van der Waals surface area contributed by atoms with Crippen LogP contribution in [0.1, 0.15) is 5.56 Å². The fraction of sp³-hybridized carbons (Fsp3) is 0.111. The molecule has 0 saturated heterocycles. The molecule has 3 N–H and O–H groups in total. The number of halogens is 1. The summed E-state index contributed by atoms with van der Waals surface area (Å²) in [5, 5.41) is 3.07. The number of imidazole rings is 1. The molecule has 0 fully saturated rings. The number of anilines is 1. The molecule has 3 rings (SSSR count). The second-order valence-electron chi connectivity index (χ2n) is 5.16. The van der Waals surface area contributed by atoms with Gasteiger partial charge in [0.25, 0.3) is 0 Å². The quantitative estimate of drug-likeness (QED) is 0.356. The number of nitrogens with one attached hydrogen (secondary N) is 1. The van der Waals surface area contributed by atoms with Crippen molar-refractivity contribution >= 4 is 35.6 Å². The molecule has 0 atom stereocenters. The van der Waals surface area contributed by atoms with E-state index in [4.69, 9.17) is 10.5 Å². The Morgan fingerprint density at radius 1 is 1.24 bits per heavy atom. The number of ether oxygens (including phenoxy) is 1. The van der Waals surface area contributed by atoms with Gasteiger partial charge in [-0.05, 0) is 23.8 Å². The number of rotatable bonds is 5. The van der Waals surface area contributed by atoms with Crippen LogP contribution in [0.5, 0.6) is 5.75 Å². The fourth-order valence-electron chi connectivity index (χ4n) is 2.36. The Morgan fingerprint density at radius 3 is 2.84 bits per heavy atom. The minimum absolute atomic E-state index is 0. The van der Waals surface area contributed by atoms with E-state index in [0.717, 1.165) is 22.7 Å². The van der Waals surface area contributed by atoms with Crippen molar-refractivity contribution in [3.8, 4) is 11.4 Å². The first-order valence-electron chi connectivity index (χ1n) is 7.53. The minimum atomic E-state index is 0. The number of aromatic nitrogens is 2. The second-order valence-corrected chi connectivity index (χ2v) is 5.16. The van der Waals surface area contributed by atoms with E-state index in [1.165, 1.54) is 0 Å². The molecule has 0 aliphatic heterocycles. The Balaban J connectivity index is 0.00000225. The van der Waals surface area contributed by atoms with Gasteiger partial charge in [-0.2, -0.15) is 0 Å². The molecule has 1 aromatic heterocycles. The number of hydrogen-bond acceptors (Lipinski definition) is 3. The molecule has 2 aromatic carbocycles. The molecule has 25 heavy (non-hydrogen) atoms. The van der Waals surface area contributed by atoms with Crippen LogP contribution < -0.4 is 15.8 Å². The van der Waals surface area contributed by atoms with Crippen LogP contribution in [0.15, 0.2) is 72.2 Å². The summed E-state index contributed by atoms with van der Waals surface area (Å²) in [6.07, 6.45) is 5.42. The van der Waals surface area contributed by atoms with E-state index in [1.54, 1.807) is 19.6 Å². The van der Waals surface area contributed by atoms with E-state index in [-0.39, 0.29) is 24.0 Å². The number of benzene rings is 2. The van der Waals surface area contributed by atoms with Crippen LogP contribution in [0.4, 0.5) is 5.69 Å². The fourth-order valence-corrected chi connectivity index (χ4v) is 2.36. The van der Waals surface area contributed by atoms with Crippen LogP contribution in [0.2, 0.25) is 0 Å². The van der Waals surface area contributed by atoms with Crippen molar-refractivity contribution in [2.45, 2.75) is 6.54 Å². The van der Waals surface area contributed by atoms with Gasteiger partial charge in [-0.3, -0.25) is 0 Å². The van der Waals surface area contributed by atoms with Gasteiger partial charge in [0, 0.05) is 24.1 Å². The maximum atomic E-state index is 5.99. The first kappa shape index (κ1) is 18.8. The van der Waals surface area contributed by atoms with Gasteiger partial charge in [-0.1, -0.05) is 24.3 Å². The van der Waals surface area contributed by atoms with Crippen molar-refractivity contribution in [1.82, 2.24) is 9.55 Å². The van der Waals surface area contributed by atoms with Crippen molar-refractivity contribution < 1.29 is 4.74 Å². The average Bonchev–Trinajstić information content (AvgIpc) is 3.15. The van der Waals surface area contributed by atoms with Crippen LogP contribution in [-0.2, 0) is 6.54 Å². The third-order valence-corrected chi connectivity index (χ3v) is 3.54. The van der Waals surface area contributed by atoms with E-state index in [2.05, 4.69) is 15.3 Å². The Labute approximate surface area is 163 Å². The highest BCUT2D eigenvalue weighted by Gasteiger charge is 2.03. The Bertz CT molecular complexity index is 833. The molecule has 0 saturated carbocycles. The van der Waals surface area contributed by atoms with Crippen molar-refractivity contribution in [2.75, 3.05) is 12.4 Å². The topological polar surface area (TPSA) is 77.5 Å². The first-order chi connectivity index (χ1) is 11.8. The molecule has 7 heteroatoms. The summed E-state index contributed by atoms with van der Waals surface area (Å²) >= 11 is 0. The summed E-state index contributed by atoms with van der Waals surface area (Å²) in [5.41, 5.74) is 8.92. The summed E-state index contributed by atoms with van der Waals surface area (Å²) in [6.45, 7) is 0.469. The zero-order chi connectivity index (χ0) is 16.8. The SMILES string of the molecule is COc1cccc(NC(N)=NCc2ccccc2-n2ccnc2)c1.I. The molecule has 0 radical (unpaired) electrons. The molecule has 0 aliphatic rings. The van der Waals surface area contributed by atoms with E-state index >= 15 is 0 Å². The maximum Gasteiger partial charge on any atom is 0.193 e. The van der Waals surface area contributed by atoms with Gasteiger partial charge in [-0.15, -0.1) is 24.0 Å². The van der Waals surface area contributed by atoms with Gasteiger partial charge >= 0.3 is 0 Å². The van der Waals surface area contributed by atoms with E-state index < -0.39 is 0 Å². The molecular formula is C18H20IN5O. The summed E-state index contributed by atoms with van der Waals surface area (Å²) < 4.78 is 7.15. The minimum Gasteiger partial charge on any atom is -0.497 e. The number of nitrogens with two attached hydrogens (primary N) is 1. The number of hydrogen-bond donors (Lipinski definition) is 2. The van der Waals surface area contributed by atoms with E-state index in [1.807, 2.05) is 59.3 Å². The van der Waals surface area contributed by atoms with Crippen LogP contribution in [0, 0.1) is 0 Å². The van der Waals surface area contributed by atoms with Gasteiger partial charge < -0.3 is 20.4 Å². The molecule has 0 aliphatic carbocycles. The maximum absolute atomic E-state index is 5.99. The van der Waals surface area contributed by atoms with Crippen molar-refractivity contribution in [1.29, 1.82) is 0 Å². The third-order valence-electron chi connectivity index (χ3n) is 3.54. The third kappa shape index (κ3) is 4.96. The normalized spacial score (nSPS) is 10.8. The standard InChI is InChI=1S/C18H19N5O.HI/c1-24-16-7-4-6-15(11-16)22-18(19)21-12-14-5-2-3-8-17(14)23-10-9-20-13-23;/h2-11,13H,12H2,1H3,(H3,19,21,22);1H. The molecule has 1 heterocycles. The largest absolute Gasteiger partial charge is 0.497 e. The van der Waals surface area contributed by atoms with Crippen LogP contribution >= 0.6 is 24.0 Å². The highest BCUT2D eigenvalue weighted by molar-refractivity contribution is 14.0.